The summed E-state index contributed by atoms with van der Waals surface area (Å²) in [6.45, 7) is -0.245. The van der Waals surface area contributed by atoms with Crippen LogP contribution in [0.1, 0.15) is 0 Å². The third kappa shape index (κ3) is 3.68. The van der Waals surface area contributed by atoms with Crippen LogP contribution < -0.4 is 15.5 Å². The van der Waals surface area contributed by atoms with Gasteiger partial charge in [-0.1, -0.05) is 29.8 Å². The van der Waals surface area contributed by atoms with Gasteiger partial charge in [-0.15, -0.1) is 0 Å². The summed E-state index contributed by atoms with van der Waals surface area (Å²) < 4.78 is 0. The summed E-state index contributed by atoms with van der Waals surface area (Å²) in [7, 11) is 1.70. The maximum Gasteiger partial charge on any atom is 0.247 e. The van der Waals surface area contributed by atoms with Crippen molar-refractivity contribution in [3.8, 4) is 0 Å². The minimum Gasteiger partial charge on any atom is -0.368 e. The van der Waals surface area contributed by atoms with E-state index in [1.165, 1.54) is 11.1 Å². The normalized spacial score (nSPS) is 17.2. The molecule has 1 aliphatic heterocycles. The number of nitrogens with zero attached hydrogens (tertiary/aromatic N) is 3. The lowest BCUT2D eigenvalue weighted by atomic mass is 10.1. The molecule has 0 radical (unpaired) electrons. The van der Waals surface area contributed by atoms with E-state index >= 15 is 0 Å². The van der Waals surface area contributed by atoms with Gasteiger partial charge < -0.3 is 10.6 Å². The number of nitrogens with two attached hydrogens (primary N) is 1. The number of nitrogens with one attached hydrogen (secondary N) is 1. The zero-order valence-corrected chi connectivity index (χ0v) is 15.3. The van der Waals surface area contributed by atoms with E-state index in [2.05, 4.69) is 4.99 Å². The number of amides is 2. The standard InChI is InChI=1S/C19H18ClN5O2/c1-24-15-8-7-12(20)9-16(15)25(13-5-3-2-4-6-13)19(27)14(18(24)22)10-23-11-17(21)26/h2-10,14,22H,11H2,1H3,(H2,21,26). The molecule has 3 rings (SSSR count). The van der Waals surface area contributed by atoms with E-state index in [4.69, 9.17) is 22.7 Å². The Kier molecular flexibility index (Phi) is 5.23. The Morgan fingerprint density at radius 1 is 1.26 bits per heavy atom. The molecular weight excluding hydrogens is 366 g/mol. The number of fused-ring (bicyclic) bond motifs is 1. The molecule has 2 aromatic rings. The molecule has 8 heteroatoms. The number of para-hydroxylation sites is 1. The first-order valence-corrected chi connectivity index (χ1v) is 8.57. The highest BCUT2D eigenvalue weighted by atomic mass is 35.5. The summed E-state index contributed by atoms with van der Waals surface area (Å²) >= 11 is 6.18. The van der Waals surface area contributed by atoms with Crippen molar-refractivity contribution in [3.05, 3.63) is 53.6 Å². The molecule has 0 aromatic heterocycles. The van der Waals surface area contributed by atoms with Crippen LogP contribution in [0.25, 0.3) is 0 Å². The van der Waals surface area contributed by atoms with Crippen LogP contribution in [0.15, 0.2) is 53.5 Å². The van der Waals surface area contributed by atoms with Gasteiger partial charge in [-0.3, -0.25) is 24.9 Å². The number of hydrogen-bond acceptors (Lipinski definition) is 4. The average Bonchev–Trinajstić information content (AvgIpc) is 2.71. The van der Waals surface area contributed by atoms with Crippen LogP contribution in [0, 0.1) is 11.3 Å². The van der Waals surface area contributed by atoms with E-state index in [0.29, 0.717) is 22.1 Å². The third-order valence-electron chi connectivity index (χ3n) is 4.20. The summed E-state index contributed by atoms with van der Waals surface area (Å²) in [5, 5.41) is 8.96. The lowest BCUT2D eigenvalue weighted by Crippen LogP contribution is -2.40. The Morgan fingerprint density at radius 3 is 2.63 bits per heavy atom. The third-order valence-corrected chi connectivity index (χ3v) is 4.43. The number of hydrogen-bond donors (Lipinski definition) is 2. The molecule has 0 spiro atoms. The SMILES string of the molecule is CN1C(=N)C(C=NCC(N)=O)C(=O)N(c2ccccc2)c2cc(Cl)ccc21. The minimum absolute atomic E-state index is 0.0372. The van der Waals surface area contributed by atoms with Gasteiger partial charge in [0.05, 0.1) is 11.4 Å². The zero-order chi connectivity index (χ0) is 19.6. The molecule has 2 amide bonds. The van der Waals surface area contributed by atoms with Gasteiger partial charge in [0.2, 0.25) is 11.8 Å². The second-order valence-corrected chi connectivity index (χ2v) is 6.46. The number of anilines is 3. The number of halogens is 1. The summed E-state index contributed by atoms with van der Waals surface area (Å²) in [5.74, 6) is -1.91. The number of aliphatic imine (C=N–C) groups is 1. The summed E-state index contributed by atoms with van der Waals surface area (Å²) in [4.78, 5) is 31.4. The number of benzene rings is 2. The van der Waals surface area contributed by atoms with Crippen LogP contribution in [-0.4, -0.2) is 37.5 Å². The lowest BCUT2D eigenvalue weighted by molar-refractivity contribution is -0.118. The van der Waals surface area contributed by atoms with Gasteiger partial charge in [0.15, 0.2) is 0 Å². The molecule has 1 heterocycles. The topological polar surface area (TPSA) is 103 Å². The lowest BCUT2D eigenvalue weighted by Gasteiger charge is -2.24. The molecule has 138 valence electrons. The molecule has 2 aromatic carbocycles. The number of rotatable bonds is 4. The zero-order valence-electron chi connectivity index (χ0n) is 14.6. The fourth-order valence-corrected chi connectivity index (χ4v) is 3.06. The summed E-state index contributed by atoms with van der Waals surface area (Å²) in [5.41, 5.74) is 6.98. The van der Waals surface area contributed by atoms with Gasteiger partial charge in [-0.2, -0.15) is 0 Å². The van der Waals surface area contributed by atoms with Crippen molar-refractivity contribution in [1.29, 1.82) is 5.41 Å². The summed E-state index contributed by atoms with van der Waals surface area (Å²) in [6, 6.07) is 14.3. The Bertz CT molecular complexity index is 929. The van der Waals surface area contributed by atoms with Crippen LogP contribution in [0.4, 0.5) is 17.1 Å². The Balaban J connectivity index is 2.16. The molecule has 0 fully saturated rings. The second kappa shape index (κ2) is 7.59. The van der Waals surface area contributed by atoms with E-state index in [1.54, 1.807) is 42.3 Å². The maximum atomic E-state index is 13.4. The quantitative estimate of drug-likeness (QED) is 0.793. The Hall–Kier alpha value is -3.19. The molecule has 7 nitrogen and oxygen atoms in total. The van der Waals surface area contributed by atoms with Crippen molar-refractivity contribution in [2.45, 2.75) is 0 Å². The van der Waals surface area contributed by atoms with E-state index in [1.807, 2.05) is 18.2 Å². The van der Waals surface area contributed by atoms with Crippen LogP contribution in [0.2, 0.25) is 5.02 Å². The fourth-order valence-electron chi connectivity index (χ4n) is 2.90. The van der Waals surface area contributed by atoms with E-state index in [9.17, 15) is 9.59 Å². The Labute approximate surface area is 161 Å². The summed E-state index contributed by atoms with van der Waals surface area (Å²) in [6.07, 6.45) is 1.30. The van der Waals surface area contributed by atoms with E-state index in [0.717, 1.165) is 0 Å². The minimum atomic E-state index is -0.972. The molecule has 3 N–H and O–H groups in total. The van der Waals surface area contributed by atoms with E-state index < -0.39 is 11.8 Å². The maximum absolute atomic E-state index is 13.4. The van der Waals surface area contributed by atoms with Gasteiger partial charge in [0, 0.05) is 24.0 Å². The molecule has 1 atom stereocenters. The van der Waals surface area contributed by atoms with Crippen molar-refractivity contribution in [2.75, 3.05) is 23.4 Å². The van der Waals surface area contributed by atoms with Gasteiger partial charge in [-0.25, -0.2) is 0 Å². The predicted octanol–water partition coefficient (Wildman–Crippen LogP) is 2.60. The van der Waals surface area contributed by atoms with Crippen LogP contribution in [0.5, 0.6) is 0 Å². The first kappa shape index (κ1) is 18.6. The molecule has 1 unspecified atom stereocenters. The molecule has 0 saturated carbocycles. The van der Waals surface area contributed by atoms with Crippen LogP contribution in [0.3, 0.4) is 0 Å². The van der Waals surface area contributed by atoms with Crippen LogP contribution >= 0.6 is 11.6 Å². The van der Waals surface area contributed by atoms with Crippen molar-refractivity contribution in [3.63, 3.8) is 0 Å². The highest BCUT2D eigenvalue weighted by Crippen LogP contribution is 2.40. The van der Waals surface area contributed by atoms with Crippen molar-refractivity contribution < 1.29 is 9.59 Å². The largest absolute Gasteiger partial charge is 0.368 e. The smallest absolute Gasteiger partial charge is 0.247 e. The van der Waals surface area contributed by atoms with Gasteiger partial charge >= 0.3 is 0 Å². The van der Waals surface area contributed by atoms with Crippen LogP contribution in [-0.2, 0) is 9.59 Å². The monoisotopic (exact) mass is 383 g/mol. The molecule has 27 heavy (non-hydrogen) atoms. The molecule has 0 aliphatic carbocycles. The predicted molar refractivity (Wildman–Crippen MR) is 107 cm³/mol. The molecular formula is C19H18ClN5O2. The average molecular weight is 384 g/mol. The Morgan fingerprint density at radius 2 is 1.96 bits per heavy atom. The first-order chi connectivity index (χ1) is 12.9. The molecule has 1 aliphatic rings. The van der Waals surface area contributed by atoms with Crippen molar-refractivity contribution in [1.82, 2.24) is 0 Å². The number of amidine groups is 1. The molecule has 0 bridgehead atoms. The van der Waals surface area contributed by atoms with Crippen molar-refractivity contribution >= 4 is 52.5 Å². The second-order valence-electron chi connectivity index (χ2n) is 6.02. The first-order valence-electron chi connectivity index (χ1n) is 8.19. The highest BCUT2D eigenvalue weighted by molar-refractivity contribution is 6.32. The van der Waals surface area contributed by atoms with Crippen molar-refractivity contribution in [2.24, 2.45) is 16.6 Å². The number of primary amides is 1. The van der Waals surface area contributed by atoms with Gasteiger partial charge in [-0.05, 0) is 30.3 Å². The van der Waals surface area contributed by atoms with Gasteiger partial charge in [0.1, 0.15) is 18.3 Å². The molecule has 0 saturated heterocycles. The van der Waals surface area contributed by atoms with E-state index in [-0.39, 0.29) is 18.3 Å². The number of carbonyl (C=O) groups excluding carboxylic acids is 2. The fraction of sp³-hybridized carbons (Fsp3) is 0.158. The van der Waals surface area contributed by atoms with Gasteiger partial charge in [0.25, 0.3) is 0 Å². The highest BCUT2D eigenvalue weighted by Gasteiger charge is 2.36. The number of carbonyl (C=O) groups is 2.